The summed E-state index contributed by atoms with van der Waals surface area (Å²) >= 11 is 6.41. The molecule has 1 atom stereocenters. The fourth-order valence-corrected chi connectivity index (χ4v) is 4.83. The summed E-state index contributed by atoms with van der Waals surface area (Å²) in [6.07, 6.45) is -0.607. The Morgan fingerprint density at radius 3 is 2.56 bits per heavy atom. The van der Waals surface area contributed by atoms with Crippen LogP contribution in [0.25, 0.3) is 11.1 Å². The highest BCUT2D eigenvalue weighted by molar-refractivity contribution is 7.89. The molecule has 0 fully saturated rings. The molecule has 3 aromatic rings. The molecule has 34 heavy (non-hydrogen) atoms. The Morgan fingerprint density at radius 2 is 1.79 bits per heavy atom. The average molecular weight is 500 g/mol. The molecule has 5 rings (SSSR count). The number of benzene rings is 3. The number of halogens is 1. The lowest BCUT2D eigenvalue weighted by molar-refractivity contribution is -0.125. The van der Waals surface area contributed by atoms with E-state index in [1.165, 1.54) is 6.07 Å². The molecule has 0 saturated carbocycles. The van der Waals surface area contributed by atoms with Crippen molar-refractivity contribution in [2.45, 2.75) is 17.4 Å². The van der Waals surface area contributed by atoms with E-state index in [1.807, 2.05) is 0 Å². The molecule has 3 aromatic carbocycles. The van der Waals surface area contributed by atoms with Gasteiger partial charge in [0.2, 0.25) is 22.9 Å². The van der Waals surface area contributed by atoms with Gasteiger partial charge in [0.05, 0.1) is 15.6 Å². The number of hydrogen-bond donors (Lipinski definition) is 2. The van der Waals surface area contributed by atoms with Crippen molar-refractivity contribution >= 4 is 38.9 Å². The van der Waals surface area contributed by atoms with Gasteiger partial charge >= 0.3 is 0 Å². The number of rotatable bonds is 5. The fraction of sp³-hybridized carbons (Fsp3) is 0.130. The van der Waals surface area contributed by atoms with Crippen molar-refractivity contribution < 1.29 is 27.5 Å². The van der Waals surface area contributed by atoms with Crippen LogP contribution in [0.1, 0.15) is 12.0 Å². The molecule has 174 valence electrons. The van der Waals surface area contributed by atoms with Crippen LogP contribution in [0.3, 0.4) is 0 Å². The van der Waals surface area contributed by atoms with Gasteiger partial charge in [0.25, 0.3) is 5.91 Å². The molecule has 2 aliphatic rings. The average Bonchev–Trinajstić information content (AvgIpc) is 3.50. The number of oxime groups is 1. The SMILES string of the molecule is NS(=O)(=O)c1ccccc1-c1ccc(NC(=O)C2CC(c3ccc4c(c3Cl)OCO4)=NO2)cc1. The molecule has 0 bridgehead atoms. The quantitative estimate of drug-likeness (QED) is 0.552. The molecule has 11 heteroatoms. The van der Waals surface area contributed by atoms with Crippen LogP contribution in [-0.4, -0.2) is 32.9 Å². The van der Waals surface area contributed by atoms with Crippen LogP contribution < -0.4 is 19.9 Å². The number of ether oxygens (including phenoxy) is 2. The lowest BCUT2D eigenvalue weighted by Gasteiger charge is -2.11. The van der Waals surface area contributed by atoms with Crippen LogP contribution in [-0.2, 0) is 19.7 Å². The highest BCUT2D eigenvalue weighted by atomic mass is 35.5. The Labute approximate surface area is 200 Å². The Balaban J connectivity index is 1.27. The molecule has 9 nitrogen and oxygen atoms in total. The number of nitrogens with one attached hydrogen (secondary N) is 1. The summed E-state index contributed by atoms with van der Waals surface area (Å²) in [5, 5.41) is 12.5. The molecular weight excluding hydrogens is 482 g/mol. The van der Waals surface area contributed by atoms with Gasteiger partial charge in [-0.2, -0.15) is 0 Å². The molecule has 0 aromatic heterocycles. The van der Waals surface area contributed by atoms with Crippen LogP contribution in [0, 0.1) is 0 Å². The molecule has 1 unspecified atom stereocenters. The Morgan fingerprint density at radius 1 is 1.03 bits per heavy atom. The topological polar surface area (TPSA) is 129 Å². The van der Waals surface area contributed by atoms with Gasteiger partial charge in [-0.15, -0.1) is 0 Å². The minimum atomic E-state index is -3.88. The zero-order valence-electron chi connectivity index (χ0n) is 17.5. The van der Waals surface area contributed by atoms with Crippen molar-refractivity contribution in [3.8, 4) is 22.6 Å². The minimum Gasteiger partial charge on any atom is -0.454 e. The first-order chi connectivity index (χ1) is 16.3. The maximum Gasteiger partial charge on any atom is 0.268 e. The molecule has 1 amide bonds. The summed E-state index contributed by atoms with van der Waals surface area (Å²) in [5.74, 6) is 0.616. The van der Waals surface area contributed by atoms with Crippen molar-refractivity contribution in [3.63, 3.8) is 0 Å². The maximum atomic E-state index is 12.7. The second kappa shape index (κ2) is 8.64. The van der Waals surface area contributed by atoms with E-state index < -0.39 is 16.1 Å². The van der Waals surface area contributed by atoms with E-state index in [0.29, 0.717) is 44.6 Å². The number of nitrogens with zero attached hydrogens (tertiary/aromatic N) is 1. The van der Waals surface area contributed by atoms with Gasteiger partial charge < -0.3 is 19.6 Å². The highest BCUT2D eigenvalue weighted by Gasteiger charge is 2.31. The summed E-state index contributed by atoms with van der Waals surface area (Å²) in [5.41, 5.74) is 2.76. The Bertz CT molecular complexity index is 1420. The predicted octanol–water partition coefficient (Wildman–Crippen LogP) is 3.51. The lowest BCUT2D eigenvalue weighted by atomic mass is 10.0. The van der Waals surface area contributed by atoms with Crippen molar-refractivity contribution in [3.05, 3.63) is 71.2 Å². The zero-order valence-corrected chi connectivity index (χ0v) is 19.1. The molecule has 0 aliphatic carbocycles. The van der Waals surface area contributed by atoms with E-state index >= 15 is 0 Å². The third kappa shape index (κ3) is 4.18. The van der Waals surface area contributed by atoms with Gasteiger partial charge in [0.1, 0.15) is 0 Å². The smallest absolute Gasteiger partial charge is 0.268 e. The molecule has 0 radical (unpaired) electrons. The van der Waals surface area contributed by atoms with Crippen LogP contribution in [0.4, 0.5) is 5.69 Å². The predicted molar refractivity (Wildman–Crippen MR) is 125 cm³/mol. The zero-order chi connectivity index (χ0) is 23.9. The number of carbonyl (C=O) groups is 1. The van der Waals surface area contributed by atoms with E-state index in [4.69, 9.17) is 31.1 Å². The summed E-state index contributed by atoms with van der Waals surface area (Å²) < 4.78 is 34.4. The largest absolute Gasteiger partial charge is 0.454 e. The highest BCUT2D eigenvalue weighted by Crippen LogP contribution is 2.41. The first-order valence-electron chi connectivity index (χ1n) is 10.2. The van der Waals surface area contributed by atoms with Gasteiger partial charge in [-0.05, 0) is 35.9 Å². The van der Waals surface area contributed by atoms with Gasteiger partial charge in [-0.1, -0.05) is 47.1 Å². The minimum absolute atomic E-state index is 0.0259. The van der Waals surface area contributed by atoms with Crippen LogP contribution >= 0.6 is 11.6 Å². The van der Waals surface area contributed by atoms with E-state index in [-0.39, 0.29) is 24.0 Å². The molecule has 2 aliphatic heterocycles. The molecular formula is C23H18ClN3O6S. The first-order valence-corrected chi connectivity index (χ1v) is 12.1. The van der Waals surface area contributed by atoms with Crippen LogP contribution in [0.5, 0.6) is 11.5 Å². The molecule has 3 N–H and O–H groups in total. The number of nitrogens with two attached hydrogens (primary N) is 1. The first kappa shape index (κ1) is 22.2. The Hall–Kier alpha value is -3.60. The normalized spacial score (nSPS) is 16.6. The van der Waals surface area contributed by atoms with Gasteiger partial charge in [0.15, 0.2) is 11.5 Å². The maximum absolute atomic E-state index is 12.7. The van der Waals surface area contributed by atoms with E-state index in [1.54, 1.807) is 54.6 Å². The second-order valence-electron chi connectivity index (χ2n) is 7.60. The number of carbonyl (C=O) groups excluding carboxylic acids is 1. The summed E-state index contributed by atoms with van der Waals surface area (Å²) in [7, 11) is -3.88. The van der Waals surface area contributed by atoms with E-state index in [9.17, 15) is 13.2 Å². The molecule has 0 spiro atoms. The van der Waals surface area contributed by atoms with E-state index in [0.717, 1.165) is 0 Å². The number of hydrogen-bond acceptors (Lipinski definition) is 7. The number of anilines is 1. The van der Waals surface area contributed by atoms with Gasteiger partial charge in [-0.25, -0.2) is 13.6 Å². The third-order valence-corrected chi connectivity index (χ3v) is 6.75. The van der Waals surface area contributed by atoms with Crippen molar-refractivity contribution in [1.82, 2.24) is 0 Å². The summed E-state index contributed by atoms with van der Waals surface area (Å²) in [6.45, 7) is 0.0962. The third-order valence-electron chi connectivity index (χ3n) is 5.41. The van der Waals surface area contributed by atoms with Crippen LogP contribution in [0.15, 0.2) is 70.7 Å². The van der Waals surface area contributed by atoms with Gasteiger partial charge in [0, 0.05) is 23.2 Å². The molecule has 0 saturated heterocycles. The second-order valence-corrected chi connectivity index (χ2v) is 9.51. The number of fused-ring (bicyclic) bond motifs is 1. The monoisotopic (exact) mass is 499 g/mol. The lowest BCUT2D eigenvalue weighted by Crippen LogP contribution is -2.28. The number of sulfonamides is 1. The number of amides is 1. The standard InChI is InChI=1S/C23H18ClN3O6S/c24-21-16(9-10-18-22(21)32-12-31-18)17-11-19(33-27-17)23(28)26-14-7-5-13(6-8-14)15-3-1-2-4-20(15)34(25,29)30/h1-10,19H,11-12H2,(H,26,28)(H2,25,29,30). The summed E-state index contributed by atoms with van der Waals surface area (Å²) in [6, 6.07) is 16.6. The van der Waals surface area contributed by atoms with Gasteiger partial charge in [-0.3, -0.25) is 4.79 Å². The van der Waals surface area contributed by atoms with Crippen LogP contribution in [0.2, 0.25) is 5.02 Å². The molecule has 2 heterocycles. The number of primary sulfonamides is 1. The Kier molecular flexibility index (Phi) is 5.64. The van der Waals surface area contributed by atoms with Crippen molar-refractivity contribution in [1.29, 1.82) is 0 Å². The van der Waals surface area contributed by atoms with E-state index in [2.05, 4.69) is 10.5 Å². The van der Waals surface area contributed by atoms with Crippen molar-refractivity contribution in [2.24, 2.45) is 10.3 Å². The fourth-order valence-electron chi connectivity index (χ4n) is 3.75. The summed E-state index contributed by atoms with van der Waals surface area (Å²) in [4.78, 5) is 18.1. The van der Waals surface area contributed by atoms with Crippen molar-refractivity contribution in [2.75, 3.05) is 12.1 Å².